The Morgan fingerprint density at radius 3 is 2.32 bits per heavy atom. The summed E-state index contributed by atoms with van der Waals surface area (Å²) in [5.74, 6) is 0.409. The van der Waals surface area contributed by atoms with Crippen LogP contribution < -0.4 is 5.32 Å². The van der Waals surface area contributed by atoms with Crippen LogP contribution in [0.2, 0.25) is 0 Å². The molecular formula is C20H27NO. The molecule has 118 valence electrons. The number of phenols is 1. The average Bonchev–Trinajstić information content (AvgIpc) is 2.54. The van der Waals surface area contributed by atoms with Crippen molar-refractivity contribution in [2.24, 2.45) is 0 Å². The van der Waals surface area contributed by atoms with Crippen LogP contribution in [-0.2, 0) is 6.42 Å². The van der Waals surface area contributed by atoms with Crippen molar-refractivity contribution in [3.05, 3.63) is 54.1 Å². The predicted molar refractivity (Wildman–Crippen MR) is 94.9 cm³/mol. The van der Waals surface area contributed by atoms with Crippen molar-refractivity contribution in [2.75, 3.05) is 5.32 Å². The summed E-state index contributed by atoms with van der Waals surface area (Å²) < 4.78 is 0. The minimum absolute atomic E-state index is 0.409. The molecule has 2 rings (SSSR count). The molecule has 2 aromatic carbocycles. The van der Waals surface area contributed by atoms with E-state index in [0.29, 0.717) is 5.75 Å². The molecule has 0 saturated carbocycles. The molecule has 0 amide bonds. The van der Waals surface area contributed by atoms with E-state index in [1.54, 1.807) is 6.07 Å². The third-order valence-electron chi connectivity index (χ3n) is 3.94. The van der Waals surface area contributed by atoms with E-state index in [-0.39, 0.29) is 0 Å². The molecule has 0 aliphatic carbocycles. The van der Waals surface area contributed by atoms with Crippen LogP contribution in [0.25, 0.3) is 0 Å². The first-order valence-electron chi connectivity index (χ1n) is 8.43. The van der Waals surface area contributed by atoms with Gasteiger partial charge in [-0.05, 0) is 48.7 Å². The Balaban J connectivity index is 1.87. The molecule has 0 radical (unpaired) electrons. The lowest BCUT2D eigenvalue weighted by Gasteiger charge is -2.10. The average molecular weight is 297 g/mol. The fourth-order valence-corrected chi connectivity index (χ4v) is 2.65. The van der Waals surface area contributed by atoms with Crippen LogP contribution in [-0.4, -0.2) is 5.11 Å². The van der Waals surface area contributed by atoms with Gasteiger partial charge in [-0.15, -0.1) is 0 Å². The van der Waals surface area contributed by atoms with Crippen LogP contribution >= 0.6 is 0 Å². The van der Waals surface area contributed by atoms with E-state index in [2.05, 4.69) is 18.3 Å². The number of hydrogen-bond donors (Lipinski definition) is 2. The standard InChI is InChI=1S/C20H27NO/c1-2-3-4-5-6-8-11-17-16-19(14-15-20(17)22)21-18-12-9-7-10-13-18/h7,9-10,12-16,21-22H,2-6,8,11H2,1H3. The molecule has 0 atom stereocenters. The van der Waals surface area contributed by atoms with Gasteiger partial charge < -0.3 is 10.4 Å². The number of aryl methyl sites for hydroxylation is 1. The van der Waals surface area contributed by atoms with Gasteiger partial charge in [0, 0.05) is 11.4 Å². The smallest absolute Gasteiger partial charge is 0.118 e. The normalized spacial score (nSPS) is 10.6. The van der Waals surface area contributed by atoms with Crippen LogP contribution in [0.5, 0.6) is 5.75 Å². The van der Waals surface area contributed by atoms with Crippen molar-refractivity contribution < 1.29 is 5.11 Å². The molecule has 2 nitrogen and oxygen atoms in total. The monoisotopic (exact) mass is 297 g/mol. The predicted octanol–water partition coefficient (Wildman–Crippen LogP) is 6.04. The minimum atomic E-state index is 0.409. The molecular weight excluding hydrogens is 270 g/mol. The summed E-state index contributed by atoms with van der Waals surface area (Å²) in [5, 5.41) is 13.4. The molecule has 22 heavy (non-hydrogen) atoms. The van der Waals surface area contributed by atoms with E-state index in [9.17, 15) is 5.11 Å². The first-order valence-corrected chi connectivity index (χ1v) is 8.43. The maximum atomic E-state index is 10.0. The van der Waals surface area contributed by atoms with E-state index in [1.807, 2.05) is 36.4 Å². The van der Waals surface area contributed by atoms with Gasteiger partial charge in [0.05, 0.1) is 0 Å². The van der Waals surface area contributed by atoms with E-state index < -0.39 is 0 Å². The van der Waals surface area contributed by atoms with Crippen LogP contribution in [0.3, 0.4) is 0 Å². The van der Waals surface area contributed by atoms with Gasteiger partial charge in [0.2, 0.25) is 0 Å². The lowest BCUT2D eigenvalue weighted by atomic mass is 10.0. The van der Waals surface area contributed by atoms with Crippen molar-refractivity contribution in [3.8, 4) is 5.75 Å². The molecule has 0 aliphatic heterocycles. The fourth-order valence-electron chi connectivity index (χ4n) is 2.65. The summed E-state index contributed by atoms with van der Waals surface area (Å²) in [6, 6.07) is 15.9. The SMILES string of the molecule is CCCCCCCCc1cc(Nc2ccccc2)ccc1O. The maximum absolute atomic E-state index is 10.0. The minimum Gasteiger partial charge on any atom is -0.508 e. The van der Waals surface area contributed by atoms with Crippen molar-refractivity contribution >= 4 is 11.4 Å². The lowest BCUT2D eigenvalue weighted by molar-refractivity contribution is 0.466. The van der Waals surface area contributed by atoms with Gasteiger partial charge in [0.1, 0.15) is 5.75 Å². The Morgan fingerprint density at radius 1 is 0.818 bits per heavy atom. The quantitative estimate of drug-likeness (QED) is 0.437. The maximum Gasteiger partial charge on any atom is 0.118 e. The number of nitrogens with one attached hydrogen (secondary N) is 1. The van der Waals surface area contributed by atoms with Crippen molar-refractivity contribution in [2.45, 2.75) is 51.9 Å². The highest BCUT2D eigenvalue weighted by Crippen LogP contribution is 2.25. The van der Waals surface area contributed by atoms with Crippen molar-refractivity contribution in [3.63, 3.8) is 0 Å². The topological polar surface area (TPSA) is 32.3 Å². The van der Waals surface area contributed by atoms with Crippen molar-refractivity contribution in [1.29, 1.82) is 0 Å². The number of para-hydroxylation sites is 1. The highest BCUT2D eigenvalue weighted by atomic mass is 16.3. The number of unbranched alkanes of at least 4 members (excludes halogenated alkanes) is 5. The largest absolute Gasteiger partial charge is 0.508 e. The van der Waals surface area contributed by atoms with Crippen LogP contribution in [0.1, 0.15) is 51.0 Å². The Bertz CT molecular complexity index is 551. The second kappa shape index (κ2) is 9.14. The molecule has 0 aromatic heterocycles. The van der Waals surface area contributed by atoms with E-state index >= 15 is 0 Å². The summed E-state index contributed by atoms with van der Waals surface area (Å²) in [4.78, 5) is 0. The number of anilines is 2. The van der Waals surface area contributed by atoms with Crippen LogP contribution in [0.4, 0.5) is 11.4 Å². The molecule has 0 saturated heterocycles. The van der Waals surface area contributed by atoms with E-state index in [4.69, 9.17) is 0 Å². The Kier molecular flexibility index (Phi) is 6.82. The summed E-state index contributed by atoms with van der Waals surface area (Å²) in [7, 11) is 0. The number of aromatic hydroxyl groups is 1. The van der Waals surface area contributed by atoms with Crippen LogP contribution in [0, 0.1) is 0 Å². The highest BCUT2D eigenvalue weighted by Gasteiger charge is 2.03. The lowest BCUT2D eigenvalue weighted by Crippen LogP contribution is -1.93. The fraction of sp³-hybridized carbons (Fsp3) is 0.400. The third kappa shape index (κ3) is 5.44. The van der Waals surface area contributed by atoms with Gasteiger partial charge in [0.25, 0.3) is 0 Å². The van der Waals surface area contributed by atoms with E-state index in [0.717, 1.165) is 29.8 Å². The van der Waals surface area contributed by atoms with E-state index in [1.165, 1.54) is 32.1 Å². The van der Waals surface area contributed by atoms with Gasteiger partial charge >= 0.3 is 0 Å². The number of hydrogen-bond acceptors (Lipinski definition) is 2. The van der Waals surface area contributed by atoms with Crippen LogP contribution in [0.15, 0.2) is 48.5 Å². The summed E-state index contributed by atoms with van der Waals surface area (Å²) >= 11 is 0. The number of phenolic OH excluding ortho intramolecular Hbond substituents is 1. The number of benzene rings is 2. The molecule has 0 bridgehead atoms. The third-order valence-corrected chi connectivity index (χ3v) is 3.94. The van der Waals surface area contributed by atoms with Gasteiger partial charge in [0.15, 0.2) is 0 Å². The summed E-state index contributed by atoms with van der Waals surface area (Å²) in [6.07, 6.45) is 8.59. The van der Waals surface area contributed by atoms with Gasteiger partial charge in [-0.2, -0.15) is 0 Å². The molecule has 0 spiro atoms. The number of rotatable bonds is 9. The van der Waals surface area contributed by atoms with Gasteiger partial charge in [-0.25, -0.2) is 0 Å². The van der Waals surface area contributed by atoms with Gasteiger partial charge in [-0.1, -0.05) is 57.2 Å². The summed E-state index contributed by atoms with van der Waals surface area (Å²) in [6.45, 7) is 2.24. The second-order valence-corrected chi connectivity index (χ2v) is 5.85. The highest BCUT2D eigenvalue weighted by molar-refractivity contribution is 5.61. The van der Waals surface area contributed by atoms with Crippen molar-refractivity contribution in [1.82, 2.24) is 0 Å². The molecule has 2 aromatic rings. The molecule has 0 fully saturated rings. The molecule has 0 heterocycles. The second-order valence-electron chi connectivity index (χ2n) is 5.85. The first-order chi connectivity index (χ1) is 10.8. The Morgan fingerprint density at radius 2 is 1.55 bits per heavy atom. The first kappa shape index (κ1) is 16.4. The molecule has 2 heteroatoms. The zero-order valence-electron chi connectivity index (χ0n) is 13.5. The Hall–Kier alpha value is -1.96. The molecule has 0 unspecified atom stereocenters. The summed E-state index contributed by atoms with van der Waals surface area (Å²) in [5.41, 5.74) is 3.14. The Labute approximate surface area is 134 Å². The zero-order valence-corrected chi connectivity index (χ0v) is 13.5. The zero-order chi connectivity index (χ0) is 15.6. The van der Waals surface area contributed by atoms with Gasteiger partial charge in [-0.3, -0.25) is 0 Å². The molecule has 2 N–H and O–H groups in total. The molecule has 0 aliphatic rings.